The maximum absolute atomic E-state index is 12.1. The molecule has 0 aliphatic rings. The topological polar surface area (TPSA) is 87.0 Å². The molecule has 0 saturated carbocycles. The van der Waals surface area contributed by atoms with E-state index in [1.165, 1.54) is 12.1 Å². The summed E-state index contributed by atoms with van der Waals surface area (Å²) in [6.07, 6.45) is 0. The number of nitriles is 1. The SMILES string of the molecule is Cc1cc(Br)ccc1C(=O)NS(=O)(=O)c1ccc(C#N)s1. The average molecular weight is 385 g/mol. The van der Waals surface area contributed by atoms with Gasteiger partial charge in [0.1, 0.15) is 15.2 Å². The first-order valence-corrected chi connectivity index (χ1v) is 8.76. The molecule has 0 radical (unpaired) electrons. The highest BCUT2D eigenvalue weighted by molar-refractivity contribution is 9.10. The van der Waals surface area contributed by atoms with E-state index in [1.54, 1.807) is 25.1 Å². The molecule has 1 N–H and O–H groups in total. The van der Waals surface area contributed by atoms with Gasteiger partial charge < -0.3 is 0 Å². The van der Waals surface area contributed by atoms with Crippen molar-refractivity contribution in [2.75, 3.05) is 0 Å². The molecule has 1 aromatic heterocycles. The lowest BCUT2D eigenvalue weighted by atomic mass is 10.1. The maximum Gasteiger partial charge on any atom is 0.273 e. The Kier molecular flexibility index (Phi) is 4.46. The van der Waals surface area contributed by atoms with E-state index in [-0.39, 0.29) is 14.6 Å². The minimum absolute atomic E-state index is 0.0674. The Labute approximate surface area is 134 Å². The van der Waals surface area contributed by atoms with Gasteiger partial charge in [0.25, 0.3) is 15.9 Å². The lowest BCUT2D eigenvalue weighted by molar-refractivity contribution is 0.0981. The molecule has 2 aromatic rings. The Morgan fingerprint density at radius 3 is 2.62 bits per heavy atom. The number of halogens is 1. The van der Waals surface area contributed by atoms with Crippen molar-refractivity contribution in [3.63, 3.8) is 0 Å². The maximum atomic E-state index is 12.1. The summed E-state index contributed by atoms with van der Waals surface area (Å²) in [6.45, 7) is 1.71. The highest BCUT2D eigenvalue weighted by atomic mass is 79.9. The molecule has 0 saturated heterocycles. The molecule has 0 atom stereocenters. The predicted octanol–water partition coefficient (Wildman–Crippen LogP) is 2.81. The van der Waals surface area contributed by atoms with Crippen molar-refractivity contribution in [1.82, 2.24) is 4.72 Å². The van der Waals surface area contributed by atoms with Crippen LogP contribution in [-0.4, -0.2) is 14.3 Å². The minimum atomic E-state index is -3.97. The second kappa shape index (κ2) is 5.97. The van der Waals surface area contributed by atoms with Gasteiger partial charge >= 0.3 is 0 Å². The van der Waals surface area contributed by atoms with Crippen LogP contribution in [0, 0.1) is 18.3 Å². The fourth-order valence-electron chi connectivity index (χ4n) is 1.63. The van der Waals surface area contributed by atoms with Crippen molar-refractivity contribution in [2.45, 2.75) is 11.1 Å². The third-order valence-corrected chi connectivity index (χ3v) is 5.92. The molecule has 1 amide bonds. The van der Waals surface area contributed by atoms with E-state index in [0.717, 1.165) is 15.8 Å². The number of rotatable bonds is 3. The molecule has 0 spiro atoms. The summed E-state index contributed by atoms with van der Waals surface area (Å²) < 4.78 is 26.9. The van der Waals surface area contributed by atoms with Crippen molar-refractivity contribution in [3.8, 4) is 6.07 Å². The summed E-state index contributed by atoms with van der Waals surface area (Å²) in [5.74, 6) is -0.702. The van der Waals surface area contributed by atoms with Crippen molar-refractivity contribution >= 4 is 43.2 Å². The Balaban J connectivity index is 2.28. The zero-order valence-electron chi connectivity index (χ0n) is 10.8. The third kappa shape index (κ3) is 3.50. The molecular weight excluding hydrogens is 376 g/mol. The van der Waals surface area contributed by atoms with Crippen LogP contribution in [0.15, 0.2) is 39.0 Å². The molecule has 0 unspecified atom stereocenters. The van der Waals surface area contributed by atoms with E-state index in [1.807, 2.05) is 10.8 Å². The summed E-state index contributed by atoms with van der Waals surface area (Å²) in [7, 11) is -3.97. The Morgan fingerprint density at radius 2 is 2.05 bits per heavy atom. The van der Waals surface area contributed by atoms with E-state index in [4.69, 9.17) is 5.26 Å². The van der Waals surface area contributed by atoms with Gasteiger partial charge in [0, 0.05) is 10.0 Å². The first-order valence-electron chi connectivity index (χ1n) is 5.67. The molecule has 108 valence electrons. The Bertz CT molecular complexity index is 851. The molecule has 0 aliphatic carbocycles. The van der Waals surface area contributed by atoms with Gasteiger partial charge in [0.2, 0.25) is 0 Å². The highest BCUT2D eigenvalue weighted by Gasteiger charge is 2.21. The van der Waals surface area contributed by atoms with Gasteiger partial charge in [-0.05, 0) is 42.8 Å². The summed E-state index contributed by atoms with van der Waals surface area (Å²) in [5, 5.41) is 8.71. The van der Waals surface area contributed by atoms with Crippen LogP contribution in [0.1, 0.15) is 20.8 Å². The number of thiophene rings is 1. The largest absolute Gasteiger partial charge is 0.273 e. The van der Waals surface area contributed by atoms with Crippen molar-refractivity contribution in [2.24, 2.45) is 0 Å². The number of carbonyl (C=O) groups excluding carboxylic acids is 1. The van der Waals surface area contributed by atoms with Gasteiger partial charge in [-0.1, -0.05) is 15.9 Å². The van der Waals surface area contributed by atoms with Crippen LogP contribution in [0.5, 0.6) is 0 Å². The lowest BCUT2D eigenvalue weighted by Gasteiger charge is -2.07. The fraction of sp³-hybridized carbons (Fsp3) is 0.0769. The number of amides is 1. The summed E-state index contributed by atoms with van der Waals surface area (Å²) in [5.41, 5.74) is 0.930. The van der Waals surface area contributed by atoms with Crippen LogP contribution < -0.4 is 4.72 Å². The number of sulfonamides is 1. The fourth-order valence-corrected chi connectivity index (χ4v) is 4.18. The molecule has 2 rings (SSSR count). The molecule has 0 aliphatic heterocycles. The smallest absolute Gasteiger partial charge is 0.268 e. The predicted molar refractivity (Wildman–Crippen MR) is 82.6 cm³/mol. The third-order valence-electron chi connectivity index (χ3n) is 2.62. The minimum Gasteiger partial charge on any atom is -0.268 e. The van der Waals surface area contributed by atoms with Gasteiger partial charge in [0.15, 0.2) is 0 Å². The number of nitrogens with zero attached hydrogens (tertiary/aromatic N) is 1. The van der Waals surface area contributed by atoms with E-state index in [0.29, 0.717) is 5.56 Å². The average Bonchev–Trinajstić information content (AvgIpc) is 2.87. The molecule has 0 bridgehead atoms. The lowest BCUT2D eigenvalue weighted by Crippen LogP contribution is -2.30. The standard InChI is InChI=1S/C13H9BrN2O3S2/c1-8-6-9(14)2-4-11(8)13(17)16-21(18,19)12-5-3-10(7-15)20-12/h2-6H,1H3,(H,16,17). The highest BCUT2D eigenvalue weighted by Crippen LogP contribution is 2.21. The van der Waals surface area contributed by atoms with Crippen LogP contribution in [-0.2, 0) is 10.0 Å². The zero-order chi connectivity index (χ0) is 15.6. The number of carbonyl (C=O) groups is 1. The van der Waals surface area contributed by atoms with E-state index >= 15 is 0 Å². The normalized spacial score (nSPS) is 10.9. The van der Waals surface area contributed by atoms with Gasteiger partial charge in [-0.2, -0.15) is 5.26 Å². The number of hydrogen-bond donors (Lipinski definition) is 1. The van der Waals surface area contributed by atoms with E-state index in [9.17, 15) is 13.2 Å². The van der Waals surface area contributed by atoms with E-state index < -0.39 is 15.9 Å². The second-order valence-electron chi connectivity index (χ2n) is 4.12. The van der Waals surface area contributed by atoms with E-state index in [2.05, 4.69) is 15.9 Å². The van der Waals surface area contributed by atoms with Crippen molar-refractivity contribution in [1.29, 1.82) is 5.26 Å². The summed E-state index contributed by atoms with van der Waals surface area (Å²) in [6, 6.07) is 9.48. The molecule has 0 fully saturated rings. The molecule has 21 heavy (non-hydrogen) atoms. The van der Waals surface area contributed by atoms with Gasteiger partial charge in [-0.15, -0.1) is 11.3 Å². The number of benzene rings is 1. The van der Waals surface area contributed by atoms with Crippen LogP contribution in [0.4, 0.5) is 0 Å². The van der Waals surface area contributed by atoms with Crippen LogP contribution >= 0.6 is 27.3 Å². The Morgan fingerprint density at radius 1 is 1.33 bits per heavy atom. The van der Waals surface area contributed by atoms with Crippen LogP contribution in [0.2, 0.25) is 0 Å². The van der Waals surface area contributed by atoms with Gasteiger partial charge in [-0.3, -0.25) is 4.79 Å². The quantitative estimate of drug-likeness (QED) is 0.880. The Hall–Kier alpha value is -1.69. The summed E-state index contributed by atoms with van der Waals surface area (Å²) in [4.78, 5) is 12.3. The van der Waals surface area contributed by atoms with Crippen LogP contribution in [0.3, 0.4) is 0 Å². The molecular formula is C13H9BrN2O3S2. The molecule has 1 heterocycles. The number of nitrogens with one attached hydrogen (secondary N) is 1. The summed E-state index contributed by atoms with van der Waals surface area (Å²) >= 11 is 4.09. The zero-order valence-corrected chi connectivity index (χ0v) is 14.0. The second-order valence-corrected chi connectivity index (χ2v) is 8.03. The van der Waals surface area contributed by atoms with Crippen molar-refractivity contribution in [3.05, 3.63) is 50.8 Å². The monoisotopic (exact) mass is 384 g/mol. The number of hydrogen-bond acceptors (Lipinski definition) is 5. The van der Waals surface area contributed by atoms with Gasteiger partial charge in [0.05, 0.1) is 0 Å². The number of aryl methyl sites for hydroxylation is 1. The van der Waals surface area contributed by atoms with Crippen molar-refractivity contribution < 1.29 is 13.2 Å². The molecule has 5 nitrogen and oxygen atoms in total. The van der Waals surface area contributed by atoms with Crippen LogP contribution in [0.25, 0.3) is 0 Å². The van der Waals surface area contributed by atoms with Gasteiger partial charge in [-0.25, -0.2) is 13.1 Å². The first kappa shape index (κ1) is 15.7. The first-order chi connectivity index (χ1) is 9.83. The molecule has 8 heteroatoms. The molecule has 1 aromatic carbocycles.